The molecule has 0 atom stereocenters. The molecule has 2 heteroatoms. The highest BCUT2D eigenvalue weighted by atomic mass is 16.5. The molecule has 0 amide bonds. The summed E-state index contributed by atoms with van der Waals surface area (Å²) < 4.78 is 5.85. The lowest BCUT2D eigenvalue weighted by Crippen LogP contribution is -2.12. The van der Waals surface area contributed by atoms with E-state index < -0.39 is 0 Å². The fourth-order valence-corrected chi connectivity index (χ4v) is 1.96. The number of hydrogen-bond acceptors (Lipinski definition) is 2. The highest BCUT2D eigenvalue weighted by molar-refractivity contribution is 5.43. The van der Waals surface area contributed by atoms with Gasteiger partial charge < -0.3 is 10.1 Å². The second-order valence-corrected chi connectivity index (χ2v) is 4.54. The third-order valence-corrected chi connectivity index (χ3v) is 2.84. The van der Waals surface area contributed by atoms with E-state index in [1.165, 1.54) is 23.1 Å². The molecule has 0 saturated heterocycles. The zero-order valence-corrected chi connectivity index (χ0v) is 11.6. The first-order valence-electron chi connectivity index (χ1n) is 6.62. The Morgan fingerprint density at radius 3 is 2.29 bits per heavy atom. The maximum Gasteiger partial charge on any atom is 0.125 e. The number of nitrogens with one attached hydrogen (secondary N) is 1. The molecule has 0 unspecified atom stereocenters. The van der Waals surface area contributed by atoms with E-state index in [0.29, 0.717) is 0 Å². The largest absolute Gasteiger partial charge is 0.493 e. The van der Waals surface area contributed by atoms with Crippen LogP contribution in [0.4, 0.5) is 0 Å². The Balaban J connectivity index is 2.72. The summed E-state index contributed by atoms with van der Waals surface area (Å²) in [6, 6.07) is 4.44. The SMILES string of the molecule is CCCCOc1c(C)cc(CNCC)cc1C. The van der Waals surface area contributed by atoms with Gasteiger partial charge in [-0.05, 0) is 43.5 Å². The Hall–Kier alpha value is -1.02. The average Bonchev–Trinajstić information content (AvgIpc) is 2.30. The van der Waals surface area contributed by atoms with E-state index in [9.17, 15) is 0 Å². The molecular formula is C15H25NO. The van der Waals surface area contributed by atoms with Gasteiger partial charge in [-0.3, -0.25) is 0 Å². The van der Waals surface area contributed by atoms with E-state index in [2.05, 4.69) is 45.1 Å². The smallest absolute Gasteiger partial charge is 0.125 e. The molecule has 0 bridgehead atoms. The van der Waals surface area contributed by atoms with Crippen molar-refractivity contribution >= 4 is 0 Å². The monoisotopic (exact) mass is 235 g/mol. The van der Waals surface area contributed by atoms with Crippen LogP contribution in [0.1, 0.15) is 43.4 Å². The molecule has 0 aliphatic rings. The lowest BCUT2D eigenvalue weighted by Gasteiger charge is -2.14. The van der Waals surface area contributed by atoms with Gasteiger partial charge in [0.05, 0.1) is 6.61 Å². The summed E-state index contributed by atoms with van der Waals surface area (Å²) in [5.74, 6) is 1.07. The summed E-state index contributed by atoms with van der Waals surface area (Å²) in [6.07, 6.45) is 2.30. The molecule has 0 saturated carbocycles. The van der Waals surface area contributed by atoms with Crippen LogP contribution in [0.15, 0.2) is 12.1 Å². The van der Waals surface area contributed by atoms with Gasteiger partial charge in [0.2, 0.25) is 0 Å². The zero-order chi connectivity index (χ0) is 12.7. The molecule has 1 N–H and O–H groups in total. The van der Waals surface area contributed by atoms with E-state index in [-0.39, 0.29) is 0 Å². The second kappa shape index (κ2) is 7.33. The quantitative estimate of drug-likeness (QED) is 0.729. The van der Waals surface area contributed by atoms with Crippen LogP contribution in [0.2, 0.25) is 0 Å². The maximum absolute atomic E-state index is 5.85. The van der Waals surface area contributed by atoms with Crippen molar-refractivity contribution < 1.29 is 4.74 Å². The number of rotatable bonds is 7. The van der Waals surface area contributed by atoms with Crippen molar-refractivity contribution in [3.63, 3.8) is 0 Å². The summed E-state index contributed by atoms with van der Waals surface area (Å²) in [6.45, 7) is 11.3. The van der Waals surface area contributed by atoms with Crippen molar-refractivity contribution in [1.29, 1.82) is 0 Å². The summed E-state index contributed by atoms with van der Waals surface area (Å²) in [5, 5.41) is 3.35. The lowest BCUT2D eigenvalue weighted by atomic mass is 10.1. The summed E-state index contributed by atoms with van der Waals surface area (Å²) >= 11 is 0. The Kier molecular flexibility index (Phi) is 6.06. The van der Waals surface area contributed by atoms with Crippen LogP contribution in [-0.2, 0) is 6.54 Å². The summed E-state index contributed by atoms with van der Waals surface area (Å²) in [7, 11) is 0. The predicted molar refractivity (Wildman–Crippen MR) is 73.7 cm³/mol. The molecule has 0 aliphatic heterocycles. The van der Waals surface area contributed by atoms with Crippen molar-refractivity contribution in [2.75, 3.05) is 13.2 Å². The molecule has 1 aromatic rings. The first kappa shape index (κ1) is 14.0. The van der Waals surface area contributed by atoms with Gasteiger partial charge in [0.15, 0.2) is 0 Å². The first-order valence-corrected chi connectivity index (χ1v) is 6.62. The molecule has 96 valence electrons. The highest BCUT2D eigenvalue weighted by Gasteiger charge is 2.06. The molecule has 0 spiro atoms. The third kappa shape index (κ3) is 4.39. The Morgan fingerprint density at radius 1 is 1.12 bits per heavy atom. The molecule has 17 heavy (non-hydrogen) atoms. The van der Waals surface area contributed by atoms with Gasteiger partial charge in [0.1, 0.15) is 5.75 Å². The molecule has 1 aromatic carbocycles. The van der Waals surface area contributed by atoms with E-state index in [4.69, 9.17) is 4.74 Å². The van der Waals surface area contributed by atoms with Gasteiger partial charge in [0, 0.05) is 6.54 Å². The molecule has 0 aliphatic carbocycles. The highest BCUT2D eigenvalue weighted by Crippen LogP contribution is 2.25. The van der Waals surface area contributed by atoms with E-state index >= 15 is 0 Å². The van der Waals surface area contributed by atoms with Crippen molar-refractivity contribution in [2.45, 2.75) is 47.1 Å². The molecule has 2 nitrogen and oxygen atoms in total. The standard InChI is InChI=1S/C15H25NO/c1-5-7-8-17-15-12(3)9-14(10-13(15)4)11-16-6-2/h9-10,16H,5-8,11H2,1-4H3. The van der Waals surface area contributed by atoms with Gasteiger partial charge in [-0.25, -0.2) is 0 Å². The van der Waals surface area contributed by atoms with Gasteiger partial charge >= 0.3 is 0 Å². The molecule has 0 heterocycles. The summed E-state index contributed by atoms with van der Waals surface area (Å²) in [4.78, 5) is 0. The Bertz CT molecular complexity index is 324. The fourth-order valence-electron chi connectivity index (χ4n) is 1.96. The maximum atomic E-state index is 5.85. The zero-order valence-electron chi connectivity index (χ0n) is 11.6. The van der Waals surface area contributed by atoms with Crippen molar-refractivity contribution in [3.8, 4) is 5.75 Å². The van der Waals surface area contributed by atoms with Gasteiger partial charge in [-0.1, -0.05) is 32.4 Å². The minimum atomic E-state index is 0.824. The topological polar surface area (TPSA) is 21.3 Å². The van der Waals surface area contributed by atoms with Crippen molar-refractivity contribution in [1.82, 2.24) is 5.32 Å². The van der Waals surface area contributed by atoms with Crippen LogP contribution in [-0.4, -0.2) is 13.2 Å². The van der Waals surface area contributed by atoms with Crippen LogP contribution < -0.4 is 10.1 Å². The average molecular weight is 235 g/mol. The van der Waals surface area contributed by atoms with Crippen LogP contribution in [0.5, 0.6) is 5.75 Å². The van der Waals surface area contributed by atoms with Gasteiger partial charge in [0.25, 0.3) is 0 Å². The van der Waals surface area contributed by atoms with Crippen LogP contribution in [0.3, 0.4) is 0 Å². The van der Waals surface area contributed by atoms with E-state index in [1.807, 2.05) is 0 Å². The first-order chi connectivity index (χ1) is 8.19. The third-order valence-electron chi connectivity index (χ3n) is 2.84. The number of benzene rings is 1. The van der Waals surface area contributed by atoms with Crippen molar-refractivity contribution in [2.24, 2.45) is 0 Å². The summed E-state index contributed by atoms with van der Waals surface area (Å²) in [5.41, 5.74) is 3.83. The second-order valence-electron chi connectivity index (χ2n) is 4.54. The van der Waals surface area contributed by atoms with Crippen LogP contribution in [0, 0.1) is 13.8 Å². The minimum absolute atomic E-state index is 0.824. The fraction of sp³-hybridized carbons (Fsp3) is 0.600. The Morgan fingerprint density at radius 2 is 1.76 bits per heavy atom. The minimum Gasteiger partial charge on any atom is -0.493 e. The van der Waals surface area contributed by atoms with E-state index in [0.717, 1.165) is 31.9 Å². The predicted octanol–water partition coefficient (Wildman–Crippen LogP) is 3.59. The number of hydrogen-bond donors (Lipinski definition) is 1. The van der Waals surface area contributed by atoms with Crippen LogP contribution >= 0.6 is 0 Å². The van der Waals surface area contributed by atoms with Crippen molar-refractivity contribution in [3.05, 3.63) is 28.8 Å². The van der Waals surface area contributed by atoms with Gasteiger partial charge in [-0.15, -0.1) is 0 Å². The van der Waals surface area contributed by atoms with E-state index in [1.54, 1.807) is 0 Å². The molecule has 0 radical (unpaired) electrons. The number of aryl methyl sites for hydroxylation is 2. The van der Waals surface area contributed by atoms with Crippen LogP contribution in [0.25, 0.3) is 0 Å². The molecule has 0 fully saturated rings. The number of ether oxygens (including phenoxy) is 1. The van der Waals surface area contributed by atoms with Gasteiger partial charge in [-0.2, -0.15) is 0 Å². The molecule has 1 rings (SSSR count). The normalized spacial score (nSPS) is 10.6. The Labute approximate surface area is 105 Å². The molecule has 0 aromatic heterocycles. The molecular weight excluding hydrogens is 210 g/mol. The number of unbranched alkanes of at least 4 members (excludes halogenated alkanes) is 1. The lowest BCUT2D eigenvalue weighted by molar-refractivity contribution is 0.305.